The molecule has 0 radical (unpaired) electrons. The first-order chi connectivity index (χ1) is 11.2. The Morgan fingerprint density at radius 1 is 1.08 bits per heavy atom. The molecule has 0 aromatic heterocycles. The maximum atomic E-state index is 11.7. The van der Waals surface area contributed by atoms with E-state index in [4.69, 9.17) is 18.8 Å². The lowest BCUT2D eigenvalue weighted by Gasteiger charge is -2.32. The predicted octanol–water partition coefficient (Wildman–Crippen LogP) is 2.32. The van der Waals surface area contributed by atoms with E-state index < -0.39 is 5.41 Å². The fraction of sp³-hybridized carbons (Fsp3) is 0.611. The number of rotatable bonds is 5. The fourth-order valence-corrected chi connectivity index (χ4v) is 2.70. The fourth-order valence-electron chi connectivity index (χ4n) is 2.70. The van der Waals surface area contributed by atoms with Crippen LogP contribution in [0.4, 0.5) is 0 Å². The van der Waals surface area contributed by atoms with Crippen LogP contribution in [0.5, 0.6) is 5.75 Å². The molecule has 5 nitrogen and oxygen atoms in total. The Morgan fingerprint density at radius 2 is 1.62 bits per heavy atom. The smallest absolute Gasteiger partial charge is 0.492 e. The number of benzene rings is 1. The number of ether oxygens (including phenoxy) is 2. The molecule has 3 rings (SSSR count). The molecule has 2 fully saturated rings. The molecule has 1 saturated heterocycles. The second-order valence-electron chi connectivity index (χ2n) is 7.72. The Hall–Kier alpha value is -1.53. The quantitative estimate of drug-likeness (QED) is 0.612. The van der Waals surface area contributed by atoms with Gasteiger partial charge in [-0.05, 0) is 58.1 Å². The molecule has 1 heterocycles. The van der Waals surface area contributed by atoms with Crippen LogP contribution in [0.3, 0.4) is 0 Å². The highest BCUT2D eigenvalue weighted by atomic mass is 16.7. The lowest BCUT2D eigenvalue weighted by molar-refractivity contribution is -0.148. The van der Waals surface area contributed by atoms with Crippen LogP contribution >= 0.6 is 0 Å². The van der Waals surface area contributed by atoms with Gasteiger partial charge in [-0.25, -0.2) is 0 Å². The van der Waals surface area contributed by atoms with E-state index in [2.05, 4.69) is 0 Å². The Kier molecular flexibility index (Phi) is 4.17. The first kappa shape index (κ1) is 17.3. The zero-order chi connectivity index (χ0) is 17.6. The standard InChI is InChI=1S/C18H25BO5/c1-16(2)17(3,4)24-19(23-16)13-6-8-14(9-7-13)22-12-18(10-11-18)15(20)21-5/h6-9H,10-12H2,1-5H3. The highest BCUT2D eigenvalue weighted by Crippen LogP contribution is 2.47. The Morgan fingerprint density at radius 3 is 2.08 bits per heavy atom. The van der Waals surface area contributed by atoms with Gasteiger partial charge in [-0.15, -0.1) is 0 Å². The Balaban J connectivity index is 1.62. The zero-order valence-electron chi connectivity index (χ0n) is 15.0. The molecule has 1 aromatic rings. The molecule has 0 bridgehead atoms. The molecule has 2 aliphatic rings. The number of carbonyl (C=O) groups is 1. The summed E-state index contributed by atoms with van der Waals surface area (Å²) in [6.07, 6.45) is 1.65. The van der Waals surface area contributed by atoms with Crippen LogP contribution in [-0.4, -0.2) is 38.0 Å². The van der Waals surface area contributed by atoms with Gasteiger partial charge < -0.3 is 18.8 Å². The van der Waals surface area contributed by atoms with E-state index in [0.29, 0.717) is 6.61 Å². The molecule has 0 amide bonds. The van der Waals surface area contributed by atoms with E-state index in [1.165, 1.54) is 7.11 Å². The normalized spacial score (nSPS) is 23.0. The zero-order valence-corrected chi connectivity index (χ0v) is 15.0. The van der Waals surface area contributed by atoms with Crippen LogP contribution in [0.15, 0.2) is 24.3 Å². The van der Waals surface area contributed by atoms with Gasteiger partial charge in [-0.1, -0.05) is 12.1 Å². The maximum absolute atomic E-state index is 11.7. The summed E-state index contributed by atoms with van der Waals surface area (Å²) in [7, 11) is 1.04. The molecule has 1 saturated carbocycles. The highest BCUT2D eigenvalue weighted by Gasteiger charge is 2.52. The number of hydrogen-bond donors (Lipinski definition) is 0. The van der Waals surface area contributed by atoms with Crippen LogP contribution in [0, 0.1) is 5.41 Å². The molecule has 0 unspecified atom stereocenters. The Labute approximate surface area is 143 Å². The van der Waals surface area contributed by atoms with E-state index in [1.54, 1.807) is 0 Å². The number of methoxy groups -OCH3 is 1. The SMILES string of the molecule is COC(=O)C1(COc2ccc(B3OC(C)(C)C(C)(C)O3)cc2)CC1. The first-order valence-electron chi connectivity index (χ1n) is 8.36. The van der Waals surface area contributed by atoms with Gasteiger partial charge in [0, 0.05) is 0 Å². The summed E-state index contributed by atoms with van der Waals surface area (Å²) < 4.78 is 22.7. The predicted molar refractivity (Wildman–Crippen MR) is 91.3 cm³/mol. The van der Waals surface area contributed by atoms with Gasteiger partial charge in [0.1, 0.15) is 17.8 Å². The molecule has 130 valence electrons. The van der Waals surface area contributed by atoms with Crippen molar-refractivity contribution in [2.45, 2.75) is 51.7 Å². The molecular formula is C18H25BO5. The second-order valence-corrected chi connectivity index (χ2v) is 7.72. The van der Waals surface area contributed by atoms with Crippen LogP contribution in [0.2, 0.25) is 0 Å². The lowest BCUT2D eigenvalue weighted by Crippen LogP contribution is -2.41. The lowest BCUT2D eigenvalue weighted by atomic mass is 9.79. The highest BCUT2D eigenvalue weighted by molar-refractivity contribution is 6.62. The van der Waals surface area contributed by atoms with E-state index in [9.17, 15) is 4.79 Å². The summed E-state index contributed by atoms with van der Waals surface area (Å²) in [4.78, 5) is 11.7. The minimum absolute atomic E-state index is 0.184. The van der Waals surface area contributed by atoms with Crippen molar-refractivity contribution in [1.29, 1.82) is 0 Å². The van der Waals surface area contributed by atoms with Crippen molar-refractivity contribution >= 4 is 18.6 Å². The summed E-state index contributed by atoms with van der Waals surface area (Å²) in [6, 6.07) is 7.64. The average Bonchev–Trinajstić information content (AvgIpc) is 3.28. The van der Waals surface area contributed by atoms with Gasteiger partial charge in [-0.2, -0.15) is 0 Å². The van der Waals surface area contributed by atoms with Crippen molar-refractivity contribution in [3.63, 3.8) is 0 Å². The molecule has 0 atom stereocenters. The van der Waals surface area contributed by atoms with Gasteiger partial charge in [-0.3, -0.25) is 4.79 Å². The molecule has 24 heavy (non-hydrogen) atoms. The molecule has 1 aliphatic carbocycles. The van der Waals surface area contributed by atoms with Crippen molar-refractivity contribution in [2.75, 3.05) is 13.7 Å². The van der Waals surface area contributed by atoms with E-state index in [1.807, 2.05) is 52.0 Å². The molecule has 0 spiro atoms. The van der Waals surface area contributed by atoms with Crippen LogP contribution in [0.25, 0.3) is 0 Å². The largest absolute Gasteiger partial charge is 0.494 e. The van der Waals surface area contributed by atoms with E-state index in [0.717, 1.165) is 24.1 Å². The van der Waals surface area contributed by atoms with Gasteiger partial charge >= 0.3 is 13.1 Å². The summed E-state index contributed by atoms with van der Waals surface area (Å²) in [5.41, 5.74) is -0.202. The molecule has 1 aliphatic heterocycles. The van der Waals surface area contributed by atoms with Gasteiger partial charge in [0.25, 0.3) is 0 Å². The van der Waals surface area contributed by atoms with Crippen LogP contribution < -0.4 is 10.2 Å². The van der Waals surface area contributed by atoms with Crippen molar-refractivity contribution in [2.24, 2.45) is 5.41 Å². The second kappa shape index (κ2) is 5.78. The summed E-state index contributed by atoms with van der Waals surface area (Å²) in [5, 5.41) is 0. The van der Waals surface area contributed by atoms with Crippen LogP contribution in [-0.2, 0) is 18.8 Å². The van der Waals surface area contributed by atoms with E-state index in [-0.39, 0.29) is 24.3 Å². The topological polar surface area (TPSA) is 54.0 Å². The van der Waals surface area contributed by atoms with Gasteiger partial charge in [0.2, 0.25) is 0 Å². The van der Waals surface area contributed by atoms with E-state index >= 15 is 0 Å². The summed E-state index contributed by atoms with van der Waals surface area (Å²) in [5.74, 6) is 0.543. The molecule has 1 aromatic carbocycles. The minimum Gasteiger partial charge on any atom is -0.492 e. The van der Waals surface area contributed by atoms with Crippen molar-refractivity contribution in [1.82, 2.24) is 0 Å². The van der Waals surface area contributed by atoms with Crippen LogP contribution in [0.1, 0.15) is 40.5 Å². The number of carbonyl (C=O) groups excluding carboxylic acids is 1. The summed E-state index contributed by atoms with van der Waals surface area (Å²) >= 11 is 0. The Bertz CT molecular complexity index is 603. The van der Waals surface area contributed by atoms with Gasteiger partial charge in [0.05, 0.1) is 18.3 Å². The van der Waals surface area contributed by atoms with Crippen molar-refractivity contribution in [3.8, 4) is 5.75 Å². The number of esters is 1. The minimum atomic E-state index is -0.445. The van der Waals surface area contributed by atoms with Gasteiger partial charge in [0.15, 0.2) is 0 Å². The molecular weight excluding hydrogens is 307 g/mol. The van der Waals surface area contributed by atoms with Crippen molar-refractivity contribution in [3.05, 3.63) is 24.3 Å². The first-order valence-corrected chi connectivity index (χ1v) is 8.36. The maximum Gasteiger partial charge on any atom is 0.494 e. The van der Waals surface area contributed by atoms with Crippen molar-refractivity contribution < 1.29 is 23.6 Å². The third kappa shape index (κ3) is 3.05. The summed E-state index contributed by atoms with van der Waals surface area (Å²) in [6.45, 7) is 8.49. The third-order valence-corrected chi connectivity index (χ3v) is 5.39. The average molecular weight is 332 g/mol. The third-order valence-electron chi connectivity index (χ3n) is 5.39. The monoisotopic (exact) mass is 332 g/mol. The molecule has 0 N–H and O–H groups in total. The molecule has 6 heteroatoms. The number of hydrogen-bond acceptors (Lipinski definition) is 5.